The molecule has 2 heterocycles. The second-order valence-corrected chi connectivity index (χ2v) is 6.15. The van der Waals surface area contributed by atoms with Crippen molar-refractivity contribution >= 4 is 11.8 Å². The predicted octanol–water partition coefficient (Wildman–Crippen LogP) is -0.586. The third-order valence-corrected chi connectivity index (χ3v) is 4.44. The van der Waals surface area contributed by atoms with E-state index in [9.17, 15) is 9.59 Å². The first kappa shape index (κ1) is 17.2. The van der Waals surface area contributed by atoms with Gasteiger partial charge in [-0.2, -0.15) is 0 Å². The SMILES string of the molecule is COCCN1CCN(C(=O)C2(C)CN(C(C)=O)CCO2)CC1. The van der Waals surface area contributed by atoms with Crippen LogP contribution >= 0.6 is 0 Å². The second kappa shape index (κ2) is 7.39. The number of piperazine rings is 1. The van der Waals surface area contributed by atoms with Gasteiger partial charge >= 0.3 is 0 Å². The molecule has 0 aliphatic carbocycles. The van der Waals surface area contributed by atoms with Crippen LogP contribution in [0.2, 0.25) is 0 Å². The predicted molar refractivity (Wildman–Crippen MR) is 81.5 cm³/mol. The molecule has 0 spiro atoms. The molecule has 7 heteroatoms. The number of methoxy groups -OCH3 is 1. The van der Waals surface area contributed by atoms with Crippen LogP contribution in [0.25, 0.3) is 0 Å². The normalized spacial score (nSPS) is 27.0. The molecule has 2 saturated heterocycles. The Bertz CT molecular complexity index is 410. The zero-order valence-corrected chi connectivity index (χ0v) is 13.8. The lowest BCUT2D eigenvalue weighted by atomic mass is 10.0. The molecular formula is C15H27N3O4. The van der Waals surface area contributed by atoms with Gasteiger partial charge in [0.15, 0.2) is 5.60 Å². The van der Waals surface area contributed by atoms with E-state index in [0.29, 0.717) is 39.4 Å². The fourth-order valence-electron chi connectivity index (χ4n) is 3.00. The number of hydrogen-bond donors (Lipinski definition) is 0. The number of carbonyl (C=O) groups is 2. The number of hydrogen-bond acceptors (Lipinski definition) is 5. The Hall–Kier alpha value is -1.18. The van der Waals surface area contributed by atoms with E-state index in [1.54, 1.807) is 18.9 Å². The van der Waals surface area contributed by atoms with Crippen LogP contribution in [0.15, 0.2) is 0 Å². The molecule has 0 aromatic heterocycles. The van der Waals surface area contributed by atoms with Crippen LogP contribution in [0.5, 0.6) is 0 Å². The van der Waals surface area contributed by atoms with Gasteiger partial charge in [-0.1, -0.05) is 0 Å². The molecule has 1 unspecified atom stereocenters. The van der Waals surface area contributed by atoms with Crippen molar-refractivity contribution in [2.24, 2.45) is 0 Å². The first-order valence-corrected chi connectivity index (χ1v) is 7.86. The zero-order chi connectivity index (χ0) is 16.2. The van der Waals surface area contributed by atoms with Gasteiger partial charge in [0.25, 0.3) is 5.91 Å². The summed E-state index contributed by atoms with van der Waals surface area (Å²) in [5.74, 6) is -0.0171. The van der Waals surface area contributed by atoms with E-state index < -0.39 is 5.60 Å². The van der Waals surface area contributed by atoms with Gasteiger partial charge in [-0.05, 0) is 6.92 Å². The number of amides is 2. The smallest absolute Gasteiger partial charge is 0.256 e. The van der Waals surface area contributed by atoms with Gasteiger partial charge < -0.3 is 19.3 Å². The summed E-state index contributed by atoms with van der Waals surface area (Å²) in [6.07, 6.45) is 0. The molecular weight excluding hydrogens is 286 g/mol. The van der Waals surface area contributed by atoms with Gasteiger partial charge in [0.05, 0.1) is 19.8 Å². The van der Waals surface area contributed by atoms with Crippen LogP contribution in [-0.4, -0.2) is 98.3 Å². The molecule has 1 atom stereocenters. The minimum atomic E-state index is -0.918. The van der Waals surface area contributed by atoms with Crippen molar-refractivity contribution < 1.29 is 19.1 Å². The topological polar surface area (TPSA) is 62.3 Å². The van der Waals surface area contributed by atoms with Crippen molar-refractivity contribution in [3.63, 3.8) is 0 Å². The van der Waals surface area contributed by atoms with Gasteiger partial charge in [0.1, 0.15) is 0 Å². The summed E-state index contributed by atoms with van der Waals surface area (Å²) < 4.78 is 10.8. The van der Waals surface area contributed by atoms with Crippen LogP contribution < -0.4 is 0 Å². The first-order valence-electron chi connectivity index (χ1n) is 7.86. The molecule has 22 heavy (non-hydrogen) atoms. The monoisotopic (exact) mass is 313 g/mol. The van der Waals surface area contributed by atoms with E-state index in [-0.39, 0.29) is 11.8 Å². The Morgan fingerprint density at radius 3 is 2.41 bits per heavy atom. The summed E-state index contributed by atoms with van der Waals surface area (Å²) >= 11 is 0. The Labute approximate surface area is 132 Å². The first-order chi connectivity index (χ1) is 10.5. The number of rotatable bonds is 4. The molecule has 2 aliphatic heterocycles. The average molecular weight is 313 g/mol. The molecule has 0 saturated carbocycles. The van der Waals surface area contributed by atoms with Crippen LogP contribution in [0.3, 0.4) is 0 Å². The highest BCUT2D eigenvalue weighted by molar-refractivity contribution is 5.86. The summed E-state index contributed by atoms with van der Waals surface area (Å²) in [7, 11) is 1.70. The fraction of sp³-hybridized carbons (Fsp3) is 0.867. The van der Waals surface area contributed by atoms with Crippen LogP contribution in [0, 0.1) is 0 Å². The number of morpholine rings is 1. The lowest BCUT2D eigenvalue weighted by Crippen LogP contribution is -2.62. The highest BCUT2D eigenvalue weighted by Crippen LogP contribution is 2.21. The van der Waals surface area contributed by atoms with Crippen molar-refractivity contribution in [3.8, 4) is 0 Å². The molecule has 7 nitrogen and oxygen atoms in total. The Balaban J connectivity index is 1.90. The van der Waals surface area contributed by atoms with E-state index in [4.69, 9.17) is 9.47 Å². The van der Waals surface area contributed by atoms with Crippen LogP contribution in [0.4, 0.5) is 0 Å². The van der Waals surface area contributed by atoms with Crippen LogP contribution in [-0.2, 0) is 19.1 Å². The maximum absolute atomic E-state index is 12.8. The van der Waals surface area contributed by atoms with E-state index in [1.165, 1.54) is 6.92 Å². The van der Waals surface area contributed by atoms with Gasteiger partial charge in [0, 0.05) is 53.3 Å². The molecule has 0 aromatic carbocycles. The van der Waals surface area contributed by atoms with Crippen molar-refractivity contribution in [2.75, 3.05) is 66.1 Å². The Kier molecular flexibility index (Phi) is 5.77. The molecule has 2 amide bonds. The van der Waals surface area contributed by atoms with E-state index in [2.05, 4.69) is 4.90 Å². The summed E-state index contributed by atoms with van der Waals surface area (Å²) in [5, 5.41) is 0. The number of carbonyl (C=O) groups excluding carboxylic acids is 2. The molecule has 0 radical (unpaired) electrons. The number of nitrogens with zero attached hydrogens (tertiary/aromatic N) is 3. The van der Waals surface area contributed by atoms with Gasteiger partial charge in [-0.25, -0.2) is 0 Å². The van der Waals surface area contributed by atoms with E-state index in [1.807, 2.05) is 4.90 Å². The Morgan fingerprint density at radius 1 is 1.14 bits per heavy atom. The summed E-state index contributed by atoms with van der Waals surface area (Å²) in [5.41, 5.74) is -0.918. The summed E-state index contributed by atoms with van der Waals surface area (Å²) in [4.78, 5) is 30.2. The molecule has 0 bridgehead atoms. The zero-order valence-electron chi connectivity index (χ0n) is 13.8. The molecule has 126 valence electrons. The lowest BCUT2D eigenvalue weighted by molar-refractivity contribution is -0.172. The largest absolute Gasteiger partial charge is 0.383 e. The average Bonchev–Trinajstić information content (AvgIpc) is 2.52. The third kappa shape index (κ3) is 3.97. The summed E-state index contributed by atoms with van der Waals surface area (Å²) in [6.45, 7) is 9.33. The summed E-state index contributed by atoms with van der Waals surface area (Å²) in [6, 6.07) is 0. The van der Waals surface area contributed by atoms with Crippen LogP contribution in [0.1, 0.15) is 13.8 Å². The molecule has 2 aliphatic rings. The number of ether oxygens (including phenoxy) is 2. The van der Waals surface area contributed by atoms with Gasteiger partial charge in [0.2, 0.25) is 5.91 Å². The second-order valence-electron chi connectivity index (χ2n) is 6.15. The van der Waals surface area contributed by atoms with E-state index in [0.717, 1.165) is 19.6 Å². The molecule has 0 N–H and O–H groups in total. The maximum atomic E-state index is 12.8. The lowest BCUT2D eigenvalue weighted by Gasteiger charge is -2.43. The van der Waals surface area contributed by atoms with Crippen molar-refractivity contribution in [2.45, 2.75) is 19.4 Å². The minimum absolute atomic E-state index is 0.00768. The Morgan fingerprint density at radius 2 is 1.82 bits per heavy atom. The van der Waals surface area contributed by atoms with Crippen molar-refractivity contribution in [3.05, 3.63) is 0 Å². The van der Waals surface area contributed by atoms with Crippen molar-refractivity contribution in [1.82, 2.24) is 14.7 Å². The standard InChI is InChI=1S/C15H27N3O4/c1-13(19)18-9-11-22-15(2,12-18)14(20)17-6-4-16(5-7-17)8-10-21-3/h4-12H2,1-3H3. The minimum Gasteiger partial charge on any atom is -0.383 e. The van der Waals surface area contributed by atoms with Crippen molar-refractivity contribution in [1.29, 1.82) is 0 Å². The molecule has 2 fully saturated rings. The van der Waals surface area contributed by atoms with E-state index >= 15 is 0 Å². The maximum Gasteiger partial charge on any atom is 0.256 e. The van der Waals surface area contributed by atoms with Gasteiger partial charge in [-0.15, -0.1) is 0 Å². The quantitative estimate of drug-likeness (QED) is 0.694. The fourth-order valence-corrected chi connectivity index (χ4v) is 3.00. The third-order valence-electron chi connectivity index (χ3n) is 4.44. The molecule has 2 rings (SSSR count). The molecule has 0 aromatic rings. The van der Waals surface area contributed by atoms with Gasteiger partial charge in [-0.3, -0.25) is 14.5 Å². The highest BCUT2D eigenvalue weighted by Gasteiger charge is 2.43. The highest BCUT2D eigenvalue weighted by atomic mass is 16.5.